The van der Waals surface area contributed by atoms with Crippen molar-refractivity contribution in [2.75, 3.05) is 19.8 Å². The Morgan fingerprint density at radius 2 is 1.48 bits per heavy atom. The maximum absolute atomic E-state index is 13.3. The molecule has 0 radical (unpaired) electrons. The first-order valence-electron chi connectivity index (χ1n) is 5.69. The average Bonchev–Trinajstić information content (AvgIpc) is 2.47. The van der Waals surface area contributed by atoms with E-state index in [1.54, 1.807) is 0 Å². The van der Waals surface area contributed by atoms with Crippen LogP contribution in [0, 0.1) is 29.1 Å². The molecular formula is C12H11F5N2O2. The lowest BCUT2D eigenvalue weighted by atomic mass is 10.1. The van der Waals surface area contributed by atoms with Gasteiger partial charge in [0.1, 0.15) is 0 Å². The summed E-state index contributed by atoms with van der Waals surface area (Å²) in [5.41, 5.74) is -1.20. The van der Waals surface area contributed by atoms with E-state index in [1.165, 1.54) is 0 Å². The molecule has 0 aliphatic rings. The first-order valence-corrected chi connectivity index (χ1v) is 5.69. The van der Waals surface area contributed by atoms with Crippen molar-refractivity contribution in [3.8, 4) is 0 Å². The van der Waals surface area contributed by atoms with E-state index in [9.17, 15) is 26.7 Å². The molecule has 1 aromatic rings. The number of amides is 1. The molecule has 21 heavy (non-hydrogen) atoms. The van der Waals surface area contributed by atoms with Crippen LogP contribution in [-0.2, 0) is 4.79 Å². The van der Waals surface area contributed by atoms with Gasteiger partial charge in [-0.15, -0.1) is 0 Å². The van der Waals surface area contributed by atoms with E-state index in [1.807, 2.05) is 0 Å². The van der Waals surface area contributed by atoms with E-state index in [2.05, 4.69) is 10.6 Å². The highest BCUT2D eigenvalue weighted by Crippen LogP contribution is 2.23. The lowest BCUT2D eigenvalue weighted by molar-refractivity contribution is -0.116. The van der Waals surface area contributed by atoms with Gasteiger partial charge in [-0.3, -0.25) is 10.1 Å². The second-order valence-corrected chi connectivity index (χ2v) is 3.77. The summed E-state index contributed by atoms with van der Waals surface area (Å²) in [4.78, 5) is 11.2. The van der Waals surface area contributed by atoms with Crippen molar-refractivity contribution in [1.82, 2.24) is 10.6 Å². The summed E-state index contributed by atoms with van der Waals surface area (Å²) in [5, 5.41) is 13.1. The summed E-state index contributed by atoms with van der Waals surface area (Å²) in [5.74, 6) is -11.3. The average molecular weight is 310 g/mol. The number of carbonyl (C=O) groups excluding carboxylic acids is 1. The minimum absolute atomic E-state index is 0.0981. The highest BCUT2D eigenvalue weighted by Gasteiger charge is 2.24. The number of carbonyl (C=O) groups is 1. The summed E-state index contributed by atoms with van der Waals surface area (Å²) in [6, 6.07) is 0. The van der Waals surface area contributed by atoms with E-state index in [0.717, 1.165) is 0 Å². The Bertz CT molecular complexity index is 534. The smallest absolute Gasteiger partial charge is 0.244 e. The Morgan fingerprint density at radius 1 is 0.952 bits per heavy atom. The quantitative estimate of drug-likeness (QED) is 0.184. The third kappa shape index (κ3) is 4.23. The van der Waals surface area contributed by atoms with Crippen LogP contribution in [0.15, 0.2) is 6.08 Å². The molecule has 0 aliphatic heterocycles. The summed E-state index contributed by atoms with van der Waals surface area (Å²) in [6.45, 7) is 0.0374. The molecule has 4 nitrogen and oxygen atoms in total. The highest BCUT2D eigenvalue weighted by molar-refractivity contribution is 5.91. The Balaban J connectivity index is 2.83. The largest absolute Gasteiger partial charge is 0.381 e. The van der Waals surface area contributed by atoms with Crippen molar-refractivity contribution in [2.24, 2.45) is 0 Å². The number of halogens is 5. The number of aliphatic hydroxyl groups is 1. The van der Waals surface area contributed by atoms with E-state index in [0.29, 0.717) is 12.2 Å². The second-order valence-electron chi connectivity index (χ2n) is 3.77. The molecule has 1 aromatic carbocycles. The fourth-order valence-electron chi connectivity index (χ4n) is 1.34. The zero-order chi connectivity index (χ0) is 16.0. The predicted molar refractivity (Wildman–Crippen MR) is 63.4 cm³/mol. The first kappa shape index (κ1) is 17.1. The normalized spacial score (nSPS) is 11.1. The van der Waals surface area contributed by atoms with Gasteiger partial charge in [0.2, 0.25) is 11.7 Å². The zero-order valence-corrected chi connectivity index (χ0v) is 10.5. The van der Waals surface area contributed by atoms with Crippen molar-refractivity contribution >= 4 is 12.0 Å². The van der Waals surface area contributed by atoms with Gasteiger partial charge in [-0.2, -0.15) is 0 Å². The molecule has 0 heterocycles. The van der Waals surface area contributed by atoms with E-state index in [-0.39, 0.29) is 19.8 Å². The number of benzene rings is 1. The van der Waals surface area contributed by atoms with E-state index < -0.39 is 40.6 Å². The van der Waals surface area contributed by atoms with Gasteiger partial charge in [-0.1, -0.05) is 0 Å². The van der Waals surface area contributed by atoms with Crippen molar-refractivity contribution in [3.63, 3.8) is 0 Å². The number of aliphatic hydroxyl groups excluding tert-OH is 1. The summed E-state index contributed by atoms with van der Waals surface area (Å²) < 4.78 is 65.1. The van der Waals surface area contributed by atoms with Crippen LogP contribution in [0.1, 0.15) is 5.56 Å². The maximum Gasteiger partial charge on any atom is 0.244 e. The van der Waals surface area contributed by atoms with Crippen molar-refractivity contribution in [2.45, 2.75) is 0 Å². The fourth-order valence-corrected chi connectivity index (χ4v) is 1.34. The molecule has 0 aliphatic carbocycles. The molecule has 0 saturated carbocycles. The van der Waals surface area contributed by atoms with E-state index >= 15 is 0 Å². The molecule has 116 valence electrons. The molecule has 0 spiro atoms. The molecule has 0 atom stereocenters. The van der Waals surface area contributed by atoms with Crippen LogP contribution >= 0.6 is 0 Å². The number of hydrogen-bond donors (Lipinski definition) is 3. The Hall–Kier alpha value is -2.00. The lowest BCUT2D eigenvalue weighted by Crippen LogP contribution is -2.31. The Kier molecular flexibility index (Phi) is 6.25. The third-order valence-corrected chi connectivity index (χ3v) is 2.36. The summed E-state index contributed by atoms with van der Waals surface area (Å²) in [7, 11) is 0. The SMILES string of the molecule is O=C(/C=C/c1c(F)c(F)c(F)c(F)c1F)NCCNCO. The zero-order valence-electron chi connectivity index (χ0n) is 10.5. The molecule has 0 fully saturated rings. The van der Waals surface area contributed by atoms with Crippen LogP contribution < -0.4 is 10.6 Å². The number of nitrogens with one attached hydrogen (secondary N) is 2. The van der Waals surface area contributed by atoms with Gasteiger partial charge in [-0.05, 0) is 6.08 Å². The maximum atomic E-state index is 13.3. The first-order chi connectivity index (χ1) is 9.90. The molecule has 0 saturated heterocycles. The standard InChI is InChI=1S/C12H11F5N2O2/c13-8-6(9(14)11(16)12(17)10(8)15)1-2-7(21)19-4-3-18-5-20/h1-2,18,20H,3-5H2,(H,19,21)/b2-1+. The molecule has 0 unspecified atom stereocenters. The van der Waals surface area contributed by atoms with Gasteiger partial charge in [-0.25, -0.2) is 22.0 Å². The van der Waals surface area contributed by atoms with Crippen LogP contribution in [0.25, 0.3) is 6.08 Å². The van der Waals surface area contributed by atoms with Gasteiger partial charge in [0, 0.05) is 19.2 Å². The van der Waals surface area contributed by atoms with Gasteiger partial charge < -0.3 is 10.4 Å². The van der Waals surface area contributed by atoms with Crippen molar-refractivity contribution < 1.29 is 31.9 Å². The minimum atomic E-state index is -2.26. The molecular weight excluding hydrogens is 299 g/mol. The highest BCUT2D eigenvalue weighted by atomic mass is 19.2. The van der Waals surface area contributed by atoms with Crippen LogP contribution in [0.4, 0.5) is 22.0 Å². The fraction of sp³-hybridized carbons (Fsp3) is 0.250. The van der Waals surface area contributed by atoms with Gasteiger partial charge in [0.05, 0.1) is 12.3 Å². The molecule has 1 rings (SSSR count). The minimum Gasteiger partial charge on any atom is -0.381 e. The summed E-state index contributed by atoms with van der Waals surface area (Å²) >= 11 is 0. The lowest BCUT2D eigenvalue weighted by Gasteiger charge is -2.04. The Labute approximate surface area is 116 Å². The topological polar surface area (TPSA) is 61.4 Å². The summed E-state index contributed by atoms with van der Waals surface area (Å²) in [6.07, 6.45) is 1.13. The van der Waals surface area contributed by atoms with Gasteiger partial charge in [0.25, 0.3) is 0 Å². The molecule has 1 amide bonds. The molecule has 0 aromatic heterocycles. The van der Waals surface area contributed by atoms with Crippen molar-refractivity contribution in [3.05, 3.63) is 40.7 Å². The third-order valence-electron chi connectivity index (χ3n) is 2.36. The Morgan fingerprint density at radius 3 is 2.00 bits per heavy atom. The molecule has 0 bridgehead atoms. The predicted octanol–water partition coefficient (Wildman–Crippen LogP) is 1.05. The van der Waals surface area contributed by atoms with Crippen molar-refractivity contribution in [1.29, 1.82) is 0 Å². The molecule has 3 N–H and O–H groups in total. The molecule has 9 heteroatoms. The van der Waals surface area contributed by atoms with Gasteiger partial charge in [0.15, 0.2) is 23.3 Å². The van der Waals surface area contributed by atoms with Crippen LogP contribution in [-0.4, -0.2) is 30.8 Å². The monoisotopic (exact) mass is 310 g/mol. The number of hydrogen-bond acceptors (Lipinski definition) is 3. The van der Waals surface area contributed by atoms with Crippen LogP contribution in [0.2, 0.25) is 0 Å². The van der Waals surface area contributed by atoms with Gasteiger partial charge >= 0.3 is 0 Å². The second kappa shape index (κ2) is 7.70. The number of rotatable bonds is 6. The van der Waals surface area contributed by atoms with E-state index in [4.69, 9.17) is 5.11 Å². The van der Waals surface area contributed by atoms with Crippen LogP contribution in [0.3, 0.4) is 0 Å². The van der Waals surface area contributed by atoms with Crippen LogP contribution in [0.5, 0.6) is 0 Å².